The molecule has 0 aliphatic carbocycles. The second-order valence-corrected chi connectivity index (χ2v) is 5.18. The third kappa shape index (κ3) is 2.60. The normalized spacial score (nSPS) is 24.1. The Morgan fingerprint density at radius 2 is 2.11 bits per heavy atom. The molecule has 0 saturated carbocycles. The number of hydrogen-bond donors (Lipinski definition) is 1. The summed E-state index contributed by atoms with van der Waals surface area (Å²) in [5.74, 6) is 0.143. The number of piperidine rings is 1. The van der Waals surface area contributed by atoms with E-state index in [9.17, 15) is 4.79 Å². The average molecular weight is 249 g/mol. The van der Waals surface area contributed by atoms with E-state index >= 15 is 0 Å². The van der Waals surface area contributed by atoms with Gasteiger partial charge in [0.15, 0.2) is 5.69 Å². The predicted molar refractivity (Wildman–Crippen MR) is 68.9 cm³/mol. The number of carboxylic acids is 1. The van der Waals surface area contributed by atoms with Gasteiger partial charge in [0.25, 0.3) is 0 Å². The van der Waals surface area contributed by atoms with Gasteiger partial charge in [-0.3, -0.25) is 0 Å². The standard InChI is InChI=1S/C13H19N3O2/c1-8-4-5-10(3)16(7-8)13-14-9(2)6-11(15-13)12(17)18/h6,8,10H,4-5,7H2,1-3H3,(H,17,18). The monoisotopic (exact) mass is 249 g/mol. The number of rotatable bonds is 2. The molecule has 18 heavy (non-hydrogen) atoms. The van der Waals surface area contributed by atoms with Crippen molar-refractivity contribution in [3.8, 4) is 0 Å². The molecule has 1 N–H and O–H groups in total. The van der Waals surface area contributed by atoms with E-state index in [0.29, 0.717) is 23.6 Å². The summed E-state index contributed by atoms with van der Waals surface area (Å²) in [6, 6.07) is 1.87. The lowest BCUT2D eigenvalue weighted by Crippen LogP contribution is -2.42. The third-order valence-electron chi connectivity index (χ3n) is 3.44. The fourth-order valence-corrected chi connectivity index (χ4v) is 2.36. The molecule has 0 radical (unpaired) electrons. The molecular formula is C13H19N3O2. The van der Waals surface area contributed by atoms with Crippen molar-refractivity contribution in [3.05, 3.63) is 17.5 Å². The Balaban J connectivity index is 2.34. The van der Waals surface area contributed by atoms with E-state index in [1.54, 1.807) is 6.92 Å². The van der Waals surface area contributed by atoms with E-state index in [1.165, 1.54) is 12.5 Å². The van der Waals surface area contributed by atoms with Gasteiger partial charge in [0.2, 0.25) is 5.95 Å². The first-order valence-corrected chi connectivity index (χ1v) is 6.33. The molecule has 2 atom stereocenters. The highest BCUT2D eigenvalue weighted by molar-refractivity contribution is 5.85. The number of nitrogens with zero attached hydrogens (tertiary/aromatic N) is 3. The second-order valence-electron chi connectivity index (χ2n) is 5.18. The smallest absolute Gasteiger partial charge is 0.354 e. The van der Waals surface area contributed by atoms with Crippen molar-refractivity contribution in [2.75, 3.05) is 11.4 Å². The lowest BCUT2D eigenvalue weighted by Gasteiger charge is -2.36. The van der Waals surface area contributed by atoms with Crippen molar-refractivity contribution in [2.24, 2.45) is 5.92 Å². The zero-order valence-electron chi connectivity index (χ0n) is 11.1. The lowest BCUT2D eigenvalue weighted by atomic mass is 9.95. The van der Waals surface area contributed by atoms with Crippen LogP contribution in [0.25, 0.3) is 0 Å². The van der Waals surface area contributed by atoms with Gasteiger partial charge in [-0.2, -0.15) is 0 Å². The maximum Gasteiger partial charge on any atom is 0.354 e. The molecule has 98 valence electrons. The van der Waals surface area contributed by atoms with E-state index in [2.05, 4.69) is 28.7 Å². The predicted octanol–water partition coefficient (Wildman–Crippen LogP) is 2.11. The number of aryl methyl sites for hydroxylation is 1. The number of aromatic carboxylic acids is 1. The molecule has 5 heteroatoms. The number of hydrogen-bond acceptors (Lipinski definition) is 4. The van der Waals surface area contributed by atoms with Gasteiger partial charge in [-0.05, 0) is 38.7 Å². The Labute approximate surface area is 107 Å². The minimum absolute atomic E-state index is 0.0722. The first kappa shape index (κ1) is 12.8. The van der Waals surface area contributed by atoms with Gasteiger partial charge in [0.1, 0.15) is 0 Å². The first-order chi connectivity index (χ1) is 8.47. The molecule has 0 aromatic carbocycles. The molecule has 1 aromatic heterocycles. The molecule has 0 spiro atoms. The van der Waals surface area contributed by atoms with Crippen LogP contribution in [0.3, 0.4) is 0 Å². The van der Waals surface area contributed by atoms with E-state index in [1.807, 2.05) is 0 Å². The van der Waals surface area contributed by atoms with Crippen LogP contribution in [0.4, 0.5) is 5.95 Å². The molecule has 2 heterocycles. The Kier molecular flexibility index (Phi) is 3.50. The minimum Gasteiger partial charge on any atom is -0.477 e. The molecule has 2 unspecified atom stereocenters. The summed E-state index contributed by atoms with van der Waals surface area (Å²) in [6.07, 6.45) is 2.30. The summed E-state index contributed by atoms with van der Waals surface area (Å²) in [7, 11) is 0. The Morgan fingerprint density at radius 1 is 1.39 bits per heavy atom. The number of carbonyl (C=O) groups is 1. The zero-order valence-corrected chi connectivity index (χ0v) is 11.1. The van der Waals surface area contributed by atoms with Gasteiger partial charge >= 0.3 is 5.97 Å². The third-order valence-corrected chi connectivity index (χ3v) is 3.44. The van der Waals surface area contributed by atoms with Gasteiger partial charge in [0, 0.05) is 18.3 Å². The molecule has 1 aliphatic heterocycles. The highest BCUT2D eigenvalue weighted by Crippen LogP contribution is 2.25. The van der Waals surface area contributed by atoms with Gasteiger partial charge < -0.3 is 10.0 Å². The van der Waals surface area contributed by atoms with E-state index in [4.69, 9.17) is 5.11 Å². The molecule has 1 fully saturated rings. The molecule has 1 saturated heterocycles. The van der Waals surface area contributed by atoms with Crippen LogP contribution >= 0.6 is 0 Å². The van der Waals surface area contributed by atoms with Crippen LogP contribution < -0.4 is 4.90 Å². The van der Waals surface area contributed by atoms with E-state index in [-0.39, 0.29) is 5.69 Å². The molecule has 1 aliphatic rings. The van der Waals surface area contributed by atoms with Crippen LogP contribution in [-0.2, 0) is 0 Å². The highest BCUT2D eigenvalue weighted by atomic mass is 16.4. The van der Waals surface area contributed by atoms with Crippen LogP contribution in [-0.4, -0.2) is 33.6 Å². The summed E-state index contributed by atoms with van der Waals surface area (Å²) in [5, 5.41) is 9.04. The SMILES string of the molecule is Cc1cc(C(=O)O)nc(N2CC(C)CCC2C)n1. The highest BCUT2D eigenvalue weighted by Gasteiger charge is 2.25. The number of aromatic nitrogens is 2. The Hall–Kier alpha value is -1.65. The second kappa shape index (κ2) is 4.92. The Morgan fingerprint density at radius 3 is 2.78 bits per heavy atom. The van der Waals surface area contributed by atoms with Crippen molar-refractivity contribution in [1.82, 2.24) is 9.97 Å². The van der Waals surface area contributed by atoms with E-state index in [0.717, 1.165) is 13.0 Å². The van der Waals surface area contributed by atoms with Gasteiger partial charge in [-0.15, -0.1) is 0 Å². The van der Waals surface area contributed by atoms with Gasteiger partial charge in [-0.25, -0.2) is 14.8 Å². The van der Waals surface area contributed by atoms with Gasteiger partial charge in [0.05, 0.1) is 0 Å². The summed E-state index contributed by atoms with van der Waals surface area (Å²) < 4.78 is 0. The van der Waals surface area contributed by atoms with Crippen molar-refractivity contribution in [3.63, 3.8) is 0 Å². The first-order valence-electron chi connectivity index (χ1n) is 6.33. The summed E-state index contributed by atoms with van der Waals surface area (Å²) >= 11 is 0. The Bertz CT molecular complexity index is 462. The lowest BCUT2D eigenvalue weighted by molar-refractivity contribution is 0.0690. The quantitative estimate of drug-likeness (QED) is 0.869. The maximum atomic E-state index is 11.0. The van der Waals surface area contributed by atoms with Crippen LogP contribution in [0.15, 0.2) is 6.07 Å². The van der Waals surface area contributed by atoms with Crippen LogP contribution in [0.5, 0.6) is 0 Å². The van der Waals surface area contributed by atoms with Gasteiger partial charge in [-0.1, -0.05) is 6.92 Å². The van der Waals surface area contributed by atoms with Crippen LogP contribution in [0.1, 0.15) is 42.9 Å². The fourth-order valence-electron chi connectivity index (χ4n) is 2.36. The maximum absolute atomic E-state index is 11.0. The largest absolute Gasteiger partial charge is 0.477 e. The summed E-state index contributed by atoms with van der Waals surface area (Å²) in [6.45, 7) is 7.03. The van der Waals surface area contributed by atoms with Crippen molar-refractivity contribution in [2.45, 2.75) is 39.7 Å². The molecule has 2 rings (SSSR count). The number of anilines is 1. The zero-order chi connectivity index (χ0) is 13.3. The molecule has 1 aromatic rings. The molecule has 0 amide bonds. The average Bonchev–Trinajstić information content (AvgIpc) is 2.31. The van der Waals surface area contributed by atoms with Crippen molar-refractivity contribution in [1.29, 1.82) is 0 Å². The summed E-state index contributed by atoms with van der Waals surface area (Å²) in [4.78, 5) is 21.7. The molecule has 5 nitrogen and oxygen atoms in total. The summed E-state index contributed by atoms with van der Waals surface area (Å²) in [5.41, 5.74) is 0.769. The van der Waals surface area contributed by atoms with Crippen LogP contribution in [0.2, 0.25) is 0 Å². The van der Waals surface area contributed by atoms with Crippen molar-refractivity contribution >= 4 is 11.9 Å². The number of carboxylic acid groups (broad SMARTS) is 1. The molecule has 0 bridgehead atoms. The fraction of sp³-hybridized carbons (Fsp3) is 0.615. The molecular weight excluding hydrogens is 230 g/mol. The van der Waals surface area contributed by atoms with Crippen molar-refractivity contribution < 1.29 is 9.90 Å². The topological polar surface area (TPSA) is 66.3 Å². The van der Waals surface area contributed by atoms with Crippen LogP contribution in [0, 0.1) is 12.8 Å². The minimum atomic E-state index is -1.00. The van der Waals surface area contributed by atoms with E-state index < -0.39 is 5.97 Å².